The highest BCUT2D eigenvalue weighted by Gasteiger charge is 2.34. The quantitative estimate of drug-likeness (QED) is 0.111. The van der Waals surface area contributed by atoms with E-state index in [2.05, 4.69) is 31.3 Å². The summed E-state index contributed by atoms with van der Waals surface area (Å²) in [4.78, 5) is 11.0. The molecule has 6 nitrogen and oxygen atoms in total. The fourth-order valence-electron chi connectivity index (χ4n) is 1.85. The number of nitrogens with zero attached hydrogens (tertiary/aromatic N) is 1. The van der Waals surface area contributed by atoms with Crippen molar-refractivity contribution in [2.75, 3.05) is 5.32 Å². The van der Waals surface area contributed by atoms with Crippen molar-refractivity contribution in [2.24, 2.45) is 0 Å². The fraction of sp³-hybridized carbons (Fsp3) is 0.133. The standard InChI is InChI=1S/C15H12BrCl3N4O2S2/c16-9-5-1-2-6-10(9)20-14(26)21-13(15(17,18)19)22-27-12-8-4-3-7-11(12)23(24)25/h1-8,13,22H,(H2,20,21,26)/t13-/m0/s1. The lowest BCUT2D eigenvalue weighted by Gasteiger charge is -2.27. The number of rotatable bonds is 6. The number of alkyl halides is 3. The highest BCUT2D eigenvalue weighted by atomic mass is 79.9. The monoisotopic (exact) mass is 528 g/mol. The zero-order chi connectivity index (χ0) is 20.0. The number of para-hydroxylation sites is 2. The average Bonchev–Trinajstić information content (AvgIpc) is 2.59. The molecule has 1 atom stereocenters. The molecule has 0 aliphatic carbocycles. The molecule has 12 heteroatoms. The SMILES string of the molecule is O=[N+]([O-])c1ccccc1SN[C@H](NC(=S)Nc1ccccc1Br)C(Cl)(Cl)Cl. The Balaban J connectivity index is 2.07. The first kappa shape index (κ1) is 22.5. The minimum absolute atomic E-state index is 0.0630. The second kappa shape index (κ2) is 10.1. The van der Waals surface area contributed by atoms with E-state index in [0.29, 0.717) is 4.90 Å². The largest absolute Gasteiger partial charge is 0.343 e. The highest BCUT2D eigenvalue weighted by molar-refractivity contribution is 9.10. The molecule has 0 amide bonds. The average molecular weight is 531 g/mol. The molecule has 0 radical (unpaired) electrons. The van der Waals surface area contributed by atoms with Crippen LogP contribution in [0.2, 0.25) is 0 Å². The Morgan fingerprint density at radius 3 is 2.44 bits per heavy atom. The van der Waals surface area contributed by atoms with Crippen molar-refractivity contribution < 1.29 is 4.92 Å². The first-order chi connectivity index (χ1) is 12.7. The van der Waals surface area contributed by atoms with Gasteiger partial charge in [0.05, 0.1) is 10.6 Å². The van der Waals surface area contributed by atoms with Gasteiger partial charge in [-0.1, -0.05) is 59.1 Å². The molecular formula is C15H12BrCl3N4O2S2. The van der Waals surface area contributed by atoms with Crippen LogP contribution in [0.15, 0.2) is 57.9 Å². The van der Waals surface area contributed by atoms with Crippen LogP contribution in [0.3, 0.4) is 0 Å². The van der Waals surface area contributed by atoms with Crippen LogP contribution >= 0.6 is 74.9 Å². The lowest BCUT2D eigenvalue weighted by molar-refractivity contribution is -0.387. The first-order valence-electron chi connectivity index (χ1n) is 7.23. The Labute approximate surface area is 188 Å². The molecule has 2 aromatic rings. The number of hydrogen-bond acceptors (Lipinski definition) is 5. The highest BCUT2D eigenvalue weighted by Crippen LogP contribution is 2.33. The van der Waals surface area contributed by atoms with E-state index in [-0.39, 0.29) is 10.8 Å². The molecule has 0 bridgehead atoms. The number of halogens is 4. The summed E-state index contributed by atoms with van der Waals surface area (Å²) in [5, 5.41) is 17.1. The second-order valence-corrected chi connectivity index (χ2v) is 9.51. The maximum absolute atomic E-state index is 11.1. The number of nitrogens with one attached hydrogen (secondary N) is 3. The van der Waals surface area contributed by atoms with Gasteiger partial charge in [-0.15, -0.1) is 0 Å². The summed E-state index contributed by atoms with van der Waals surface area (Å²) in [5.74, 6) is 0. The van der Waals surface area contributed by atoms with E-state index >= 15 is 0 Å². The lowest BCUT2D eigenvalue weighted by Crippen LogP contribution is -2.52. The molecule has 2 aromatic carbocycles. The van der Waals surface area contributed by atoms with Crippen LogP contribution in [-0.4, -0.2) is 20.0 Å². The van der Waals surface area contributed by atoms with Crippen molar-refractivity contribution in [1.82, 2.24) is 10.0 Å². The van der Waals surface area contributed by atoms with E-state index < -0.39 is 14.9 Å². The Bertz CT molecular complexity index is 839. The molecule has 0 aliphatic heterocycles. The van der Waals surface area contributed by atoms with Gasteiger partial charge in [0, 0.05) is 10.5 Å². The van der Waals surface area contributed by atoms with Gasteiger partial charge in [-0.25, -0.2) is 4.72 Å². The molecule has 0 saturated heterocycles. The summed E-state index contributed by atoms with van der Waals surface area (Å²) >= 11 is 27.6. The molecular weight excluding hydrogens is 519 g/mol. The zero-order valence-corrected chi connectivity index (χ0v) is 18.8. The molecule has 27 heavy (non-hydrogen) atoms. The third-order valence-corrected chi connectivity index (χ3v) is 5.56. The Kier molecular flexibility index (Phi) is 8.41. The number of nitro benzene ring substituents is 1. The minimum atomic E-state index is -1.78. The number of nitro groups is 1. The van der Waals surface area contributed by atoms with E-state index in [4.69, 9.17) is 47.0 Å². The summed E-state index contributed by atoms with van der Waals surface area (Å²) in [6.07, 6.45) is -0.935. The van der Waals surface area contributed by atoms with Gasteiger partial charge >= 0.3 is 0 Å². The Hall–Kier alpha value is -0.810. The molecule has 2 rings (SSSR count). The molecule has 0 fully saturated rings. The van der Waals surface area contributed by atoms with Gasteiger partial charge in [0.2, 0.25) is 3.79 Å². The predicted octanol–water partition coefficient (Wildman–Crippen LogP) is 5.64. The van der Waals surface area contributed by atoms with E-state index in [1.807, 2.05) is 24.3 Å². The predicted molar refractivity (Wildman–Crippen MR) is 120 cm³/mol. The van der Waals surface area contributed by atoms with Crippen molar-refractivity contribution in [3.63, 3.8) is 0 Å². The van der Waals surface area contributed by atoms with Crippen LogP contribution in [-0.2, 0) is 0 Å². The summed E-state index contributed by atoms with van der Waals surface area (Å²) in [5.41, 5.74) is 0.663. The second-order valence-electron chi connectivity index (χ2n) is 5.00. The van der Waals surface area contributed by atoms with E-state index in [1.54, 1.807) is 18.2 Å². The van der Waals surface area contributed by atoms with Gasteiger partial charge in [0.15, 0.2) is 5.11 Å². The third kappa shape index (κ3) is 6.94. The van der Waals surface area contributed by atoms with Gasteiger partial charge in [-0.05, 0) is 58.3 Å². The van der Waals surface area contributed by atoms with Crippen LogP contribution in [0, 0.1) is 10.1 Å². The minimum Gasteiger partial charge on any atom is -0.343 e. The fourth-order valence-corrected chi connectivity index (χ4v) is 3.85. The summed E-state index contributed by atoms with van der Waals surface area (Å²) in [7, 11) is 0. The zero-order valence-electron chi connectivity index (χ0n) is 13.3. The third-order valence-electron chi connectivity index (χ3n) is 3.07. The van der Waals surface area contributed by atoms with E-state index in [9.17, 15) is 10.1 Å². The van der Waals surface area contributed by atoms with Crippen molar-refractivity contribution >= 4 is 91.4 Å². The number of anilines is 1. The van der Waals surface area contributed by atoms with E-state index in [0.717, 1.165) is 22.1 Å². The van der Waals surface area contributed by atoms with Crippen LogP contribution in [0.4, 0.5) is 11.4 Å². The maximum Gasteiger partial charge on any atom is 0.284 e. The van der Waals surface area contributed by atoms with Crippen LogP contribution in [0.5, 0.6) is 0 Å². The molecule has 0 aromatic heterocycles. The topological polar surface area (TPSA) is 79.2 Å². The van der Waals surface area contributed by atoms with Crippen molar-refractivity contribution in [3.05, 3.63) is 63.1 Å². The van der Waals surface area contributed by atoms with Crippen molar-refractivity contribution in [1.29, 1.82) is 0 Å². The van der Waals surface area contributed by atoms with Gasteiger partial charge in [-0.2, -0.15) is 0 Å². The van der Waals surface area contributed by atoms with Gasteiger partial charge in [-0.3, -0.25) is 10.1 Å². The molecule has 144 valence electrons. The Morgan fingerprint density at radius 2 is 1.81 bits per heavy atom. The number of benzene rings is 2. The molecule has 3 N–H and O–H groups in total. The smallest absolute Gasteiger partial charge is 0.284 e. The molecule has 0 spiro atoms. The van der Waals surface area contributed by atoms with Gasteiger partial charge < -0.3 is 10.6 Å². The first-order valence-corrected chi connectivity index (χ1v) is 10.4. The molecule has 0 unspecified atom stereocenters. The number of thiocarbonyl (C=S) groups is 1. The molecule has 0 aliphatic rings. The van der Waals surface area contributed by atoms with Gasteiger partial charge in [0.25, 0.3) is 5.69 Å². The molecule has 0 heterocycles. The summed E-state index contributed by atoms with van der Waals surface area (Å²) in [6.45, 7) is 0. The lowest BCUT2D eigenvalue weighted by atomic mass is 10.3. The normalized spacial score (nSPS) is 12.3. The Morgan fingerprint density at radius 1 is 1.19 bits per heavy atom. The van der Waals surface area contributed by atoms with Crippen LogP contribution < -0.4 is 15.4 Å². The van der Waals surface area contributed by atoms with Gasteiger partial charge in [0.1, 0.15) is 11.1 Å². The summed E-state index contributed by atoms with van der Waals surface area (Å²) < 4.78 is 1.89. The van der Waals surface area contributed by atoms with E-state index in [1.165, 1.54) is 6.07 Å². The van der Waals surface area contributed by atoms with Crippen molar-refractivity contribution in [3.8, 4) is 0 Å². The maximum atomic E-state index is 11.1. The van der Waals surface area contributed by atoms with Crippen LogP contribution in [0.1, 0.15) is 0 Å². The van der Waals surface area contributed by atoms with Crippen LogP contribution in [0.25, 0.3) is 0 Å². The number of hydrogen-bond donors (Lipinski definition) is 3. The van der Waals surface area contributed by atoms with Crippen molar-refractivity contribution in [2.45, 2.75) is 14.9 Å². The summed E-state index contributed by atoms with van der Waals surface area (Å²) in [6, 6.07) is 13.6. The molecule has 0 saturated carbocycles.